The monoisotopic (exact) mass is 180 g/mol. The van der Waals surface area contributed by atoms with Crippen LogP contribution in [0.25, 0.3) is 0 Å². The minimum atomic E-state index is -0.675. The first-order valence-electron chi connectivity index (χ1n) is 4.49. The summed E-state index contributed by atoms with van der Waals surface area (Å²) in [5.74, 6) is -0.0479. The van der Waals surface area contributed by atoms with Gasteiger partial charge in [0.15, 0.2) is 0 Å². The molecule has 3 amide bonds. The lowest BCUT2D eigenvalue weighted by atomic mass is 9.85. The van der Waals surface area contributed by atoms with Gasteiger partial charge in [0.25, 0.3) is 5.91 Å². The average Bonchev–Trinajstić information content (AvgIpc) is 2.59. The molecule has 0 bridgehead atoms. The zero-order valence-electron chi connectivity index (χ0n) is 7.46. The average molecular weight is 180 g/mol. The maximum atomic E-state index is 11.5. The predicted molar refractivity (Wildman–Crippen MR) is 46.9 cm³/mol. The molecule has 2 unspecified atom stereocenters. The summed E-state index contributed by atoms with van der Waals surface area (Å²) in [6, 6.07) is -0.368. The molecule has 1 fully saturated rings. The highest BCUT2D eigenvalue weighted by Gasteiger charge is 2.51. The summed E-state index contributed by atoms with van der Waals surface area (Å²) < 4.78 is 0. The second-order valence-corrected chi connectivity index (χ2v) is 3.53. The van der Waals surface area contributed by atoms with Crippen molar-refractivity contribution < 1.29 is 9.59 Å². The molecule has 13 heavy (non-hydrogen) atoms. The van der Waals surface area contributed by atoms with Crippen LogP contribution in [0.3, 0.4) is 0 Å². The summed E-state index contributed by atoms with van der Waals surface area (Å²) >= 11 is 0. The third-order valence-corrected chi connectivity index (χ3v) is 2.85. The van der Waals surface area contributed by atoms with E-state index in [4.69, 9.17) is 0 Å². The van der Waals surface area contributed by atoms with Gasteiger partial charge in [-0.25, -0.2) is 4.79 Å². The molecule has 1 saturated heterocycles. The van der Waals surface area contributed by atoms with E-state index in [2.05, 4.69) is 10.6 Å². The maximum absolute atomic E-state index is 11.5. The van der Waals surface area contributed by atoms with E-state index in [0.29, 0.717) is 6.42 Å². The van der Waals surface area contributed by atoms with Crippen LogP contribution in [0.15, 0.2) is 12.2 Å². The highest BCUT2D eigenvalue weighted by Crippen LogP contribution is 2.34. The van der Waals surface area contributed by atoms with Gasteiger partial charge in [-0.15, -0.1) is 0 Å². The van der Waals surface area contributed by atoms with E-state index < -0.39 is 5.54 Å². The fraction of sp³-hybridized carbons (Fsp3) is 0.556. The molecular formula is C9H12N2O2. The zero-order chi connectivity index (χ0) is 9.47. The quantitative estimate of drug-likeness (QED) is 0.457. The molecule has 0 saturated carbocycles. The van der Waals surface area contributed by atoms with Crippen molar-refractivity contribution in [1.82, 2.24) is 10.6 Å². The van der Waals surface area contributed by atoms with Crippen LogP contribution in [0, 0.1) is 5.92 Å². The Morgan fingerprint density at radius 3 is 2.92 bits per heavy atom. The van der Waals surface area contributed by atoms with E-state index in [1.807, 2.05) is 19.1 Å². The van der Waals surface area contributed by atoms with E-state index in [1.54, 1.807) is 0 Å². The van der Waals surface area contributed by atoms with Crippen molar-refractivity contribution in [3.05, 3.63) is 12.2 Å². The highest BCUT2D eigenvalue weighted by atomic mass is 16.2. The second kappa shape index (κ2) is 2.58. The summed E-state index contributed by atoms with van der Waals surface area (Å²) in [7, 11) is 0. The molecule has 4 heteroatoms. The van der Waals surface area contributed by atoms with Crippen LogP contribution in [0.2, 0.25) is 0 Å². The van der Waals surface area contributed by atoms with Crippen molar-refractivity contribution in [2.24, 2.45) is 5.92 Å². The first-order valence-corrected chi connectivity index (χ1v) is 4.49. The molecule has 2 N–H and O–H groups in total. The Kier molecular flexibility index (Phi) is 1.65. The minimum Gasteiger partial charge on any atom is -0.322 e. The second-order valence-electron chi connectivity index (χ2n) is 3.53. The van der Waals surface area contributed by atoms with Crippen LogP contribution in [0.4, 0.5) is 4.79 Å². The van der Waals surface area contributed by atoms with E-state index in [1.165, 1.54) is 0 Å². The predicted octanol–water partition coefficient (Wildman–Crippen LogP) is 0.551. The molecule has 70 valence electrons. The molecule has 0 aromatic rings. The Hall–Kier alpha value is -1.32. The maximum Gasteiger partial charge on any atom is 0.322 e. The number of rotatable bonds is 1. The number of hydrogen-bond donors (Lipinski definition) is 2. The third kappa shape index (κ3) is 0.978. The van der Waals surface area contributed by atoms with Gasteiger partial charge in [0.1, 0.15) is 5.54 Å². The normalized spacial score (nSPS) is 36.8. The standard InChI is InChI=1S/C9H12N2O2/c1-2-6-4-3-5-9(6)7(12)10-8(13)11-9/h3-4,6H,2,5H2,1H3,(H2,10,11,12,13). The fourth-order valence-corrected chi connectivity index (χ4v) is 2.13. The Morgan fingerprint density at radius 1 is 1.62 bits per heavy atom. The molecule has 2 atom stereocenters. The molecule has 0 aromatic heterocycles. The van der Waals surface area contributed by atoms with E-state index in [9.17, 15) is 9.59 Å². The molecule has 0 radical (unpaired) electrons. The number of carbonyl (C=O) groups excluding carboxylic acids is 2. The van der Waals surface area contributed by atoms with E-state index in [-0.39, 0.29) is 17.9 Å². The first-order chi connectivity index (χ1) is 6.19. The molecule has 4 nitrogen and oxygen atoms in total. The molecule has 1 heterocycles. The van der Waals surface area contributed by atoms with Gasteiger partial charge in [-0.3, -0.25) is 10.1 Å². The van der Waals surface area contributed by atoms with Crippen molar-refractivity contribution in [1.29, 1.82) is 0 Å². The molecule has 2 aliphatic rings. The van der Waals surface area contributed by atoms with Crippen LogP contribution in [0.5, 0.6) is 0 Å². The molecule has 1 aliphatic carbocycles. The Balaban J connectivity index is 2.30. The topological polar surface area (TPSA) is 58.2 Å². The largest absolute Gasteiger partial charge is 0.322 e. The van der Waals surface area contributed by atoms with Crippen LogP contribution in [-0.2, 0) is 4.79 Å². The van der Waals surface area contributed by atoms with E-state index in [0.717, 1.165) is 6.42 Å². The lowest BCUT2D eigenvalue weighted by Gasteiger charge is -2.26. The lowest BCUT2D eigenvalue weighted by molar-refractivity contribution is -0.124. The van der Waals surface area contributed by atoms with Crippen LogP contribution < -0.4 is 10.6 Å². The molecule has 0 aromatic carbocycles. The number of amides is 3. The van der Waals surface area contributed by atoms with Crippen molar-refractivity contribution >= 4 is 11.9 Å². The Labute approximate surface area is 76.4 Å². The summed E-state index contributed by atoms with van der Waals surface area (Å²) in [5, 5.41) is 5.00. The van der Waals surface area contributed by atoms with Crippen LogP contribution >= 0.6 is 0 Å². The smallest absolute Gasteiger partial charge is 0.322 e. The number of nitrogens with one attached hydrogen (secondary N) is 2. The van der Waals surface area contributed by atoms with Crippen molar-refractivity contribution in [2.45, 2.75) is 25.3 Å². The van der Waals surface area contributed by atoms with Gasteiger partial charge in [-0.1, -0.05) is 19.1 Å². The number of hydrogen-bond acceptors (Lipinski definition) is 2. The van der Waals surface area contributed by atoms with Gasteiger partial charge in [-0.05, 0) is 12.8 Å². The van der Waals surface area contributed by atoms with E-state index >= 15 is 0 Å². The SMILES string of the molecule is CCC1C=CCC12NC(=O)NC2=O. The summed E-state index contributed by atoms with van der Waals surface area (Å²) in [6.07, 6.45) is 5.44. The number of carbonyl (C=O) groups is 2. The fourth-order valence-electron chi connectivity index (χ4n) is 2.13. The highest BCUT2D eigenvalue weighted by molar-refractivity contribution is 6.07. The van der Waals surface area contributed by atoms with Crippen molar-refractivity contribution in [3.8, 4) is 0 Å². The van der Waals surface area contributed by atoms with Crippen LogP contribution in [0.1, 0.15) is 19.8 Å². The molecule has 1 spiro atoms. The van der Waals surface area contributed by atoms with Crippen molar-refractivity contribution in [2.75, 3.05) is 0 Å². The minimum absolute atomic E-state index is 0.138. The van der Waals surface area contributed by atoms with Gasteiger partial charge in [0.05, 0.1) is 0 Å². The van der Waals surface area contributed by atoms with Crippen LogP contribution in [-0.4, -0.2) is 17.5 Å². The van der Waals surface area contributed by atoms with Gasteiger partial charge in [0.2, 0.25) is 0 Å². The van der Waals surface area contributed by atoms with Gasteiger partial charge in [-0.2, -0.15) is 0 Å². The molecular weight excluding hydrogens is 168 g/mol. The van der Waals surface area contributed by atoms with Gasteiger partial charge in [0, 0.05) is 5.92 Å². The Morgan fingerprint density at radius 2 is 2.38 bits per heavy atom. The van der Waals surface area contributed by atoms with Gasteiger partial charge < -0.3 is 5.32 Å². The molecule has 2 rings (SSSR count). The summed E-state index contributed by atoms with van der Waals surface area (Å²) in [6.45, 7) is 2.01. The molecule has 1 aliphatic heterocycles. The summed E-state index contributed by atoms with van der Waals surface area (Å²) in [5.41, 5.74) is -0.675. The third-order valence-electron chi connectivity index (χ3n) is 2.85. The lowest BCUT2D eigenvalue weighted by Crippen LogP contribution is -2.50. The zero-order valence-corrected chi connectivity index (χ0v) is 7.46. The Bertz CT molecular complexity index is 298. The van der Waals surface area contributed by atoms with Crippen molar-refractivity contribution in [3.63, 3.8) is 0 Å². The number of imide groups is 1. The van der Waals surface area contributed by atoms with Gasteiger partial charge >= 0.3 is 6.03 Å². The first kappa shape index (κ1) is 8.29. The number of urea groups is 1. The summed E-state index contributed by atoms with van der Waals surface area (Å²) in [4.78, 5) is 22.5.